The van der Waals surface area contributed by atoms with Gasteiger partial charge in [0.05, 0.1) is 0 Å². The lowest BCUT2D eigenvalue weighted by molar-refractivity contribution is 0.0989. The summed E-state index contributed by atoms with van der Waals surface area (Å²) in [6, 6.07) is 15.2. The van der Waals surface area contributed by atoms with Crippen molar-refractivity contribution >= 4 is 34.2 Å². The van der Waals surface area contributed by atoms with Gasteiger partial charge in [0.2, 0.25) is 0 Å². The van der Waals surface area contributed by atoms with Crippen LogP contribution >= 0.6 is 11.6 Å². The molecule has 1 amide bonds. The average Bonchev–Trinajstić information content (AvgIpc) is 3.06. The van der Waals surface area contributed by atoms with Gasteiger partial charge < -0.3 is 4.98 Å². The van der Waals surface area contributed by atoms with E-state index in [9.17, 15) is 4.79 Å². The van der Waals surface area contributed by atoms with Gasteiger partial charge in [-0.05, 0) is 36.8 Å². The standard InChI is InChI=1S/C17H13ClN2O/c18-12-6-7-15-14(10-12)13-8-9-20(16(13)19-15)17(21)11-4-2-1-3-5-11/h1-7,10,19H,8-9H2. The summed E-state index contributed by atoms with van der Waals surface area (Å²) < 4.78 is 0. The molecule has 0 fully saturated rings. The van der Waals surface area contributed by atoms with E-state index in [0.717, 1.165) is 28.2 Å². The summed E-state index contributed by atoms with van der Waals surface area (Å²) in [5.41, 5.74) is 2.91. The third kappa shape index (κ3) is 1.93. The molecule has 4 heteroatoms. The van der Waals surface area contributed by atoms with E-state index in [1.165, 1.54) is 5.56 Å². The summed E-state index contributed by atoms with van der Waals surface area (Å²) in [5, 5.41) is 1.83. The molecule has 0 saturated heterocycles. The Morgan fingerprint density at radius 1 is 1.14 bits per heavy atom. The zero-order valence-electron chi connectivity index (χ0n) is 11.3. The van der Waals surface area contributed by atoms with Gasteiger partial charge in [0.15, 0.2) is 0 Å². The molecule has 4 rings (SSSR count). The van der Waals surface area contributed by atoms with Gasteiger partial charge in [-0.3, -0.25) is 9.69 Å². The predicted octanol–water partition coefficient (Wildman–Crippen LogP) is 4.02. The highest BCUT2D eigenvalue weighted by atomic mass is 35.5. The highest BCUT2D eigenvalue weighted by Gasteiger charge is 2.28. The van der Waals surface area contributed by atoms with Gasteiger partial charge in [-0.25, -0.2) is 0 Å². The number of halogens is 1. The Morgan fingerprint density at radius 3 is 2.76 bits per heavy atom. The SMILES string of the molecule is O=C(c1ccccc1)N1CCc2c1[nH]c1ccc(Cl)cc21. The van der Waals surface area contributed by atoms with E-state index >= 15 is 0 Å². The molecular formula is C17H13ClN2O. The Bertz CT molecular complexity index is 839. The minimum absolute atomic E-state index is 0.0343. The molecular weight excluding hydrogens is 284 g/mol. The van der Waals surface area contributed by atoms with Crippen molar-refractivity contribution < 1.29 is 4.79 Å². The van der Waals surface area contributed by atoms with Gasteiger partial charge in [-0.15, -0.1) is 0 Å². The van der Waals surface area contributed by atoms with Gasteiger partial charge in [0.1, 0.15) is 5.82 Å². The van der Waals surface area contributed by atoms with Crippen molar-refractivity contribution in [2.24, 2.45) is 0 Å². The number of aromatic amines is 1. The Hall–Kier alpha value is -2.26. The van der Waals surface area contributed by atoms with Gasteiger partial charge in [0, 0.05) is 33.6 Å². The van der Waals surface area contributed by atoms with Crippen molar-refractivity contribution in [2.75, 3.05) is 11.4 Å². The largest absolute Gasteiger partial charge is 0.341 e. The molecule has 21 heavy (non-hydrogen) atoms. The van der Waals surface area contributed by atoms with Gasteiger partial charge in [-0.1, -0.05) is 29.8 Å². The number of carbonyl (C=O) groups is 1. The van der Waals surface area contributed by atoms with Crippen molar-refractivity contribution in [3.8, 4) is 0 Å². The summed E-state index contributed by atoms with van der Waals surface area (Å²) in [6.45, 7) is 0.706. The molecule has 0 unspecified atom stereocenters. The first kappa shape index (κ1) is 12.5. The number of carbonyl (C=O) groups excluding carboxylic acids is 1. The zero-order chi connectivity index (χ0) is 14.4. The van der Waals surface area contributed by atoms with Crippen LogP contribution in [0.5, 0.6) is 0 Å². The van der Waals surface area contributed by atoms with Crippen molar-refractivity contribution in [2.45, 2.75) is 6.42 Å². The van der Waals surface area contributed by atoms with E-state index in [1.807, 2.05) is 53.4 Å². The zero-order valence-corrected chi connectivity index (χ0v) is 12.0. The van der Waals surface area contributed by atoms with Gasteiger partial charge in [-0.2, -0.15) is 0 Å². The fourth-order valence-corrected chi connectivity index (χ4v) is 3.14. The lowest BCUT2D eigenvalue weighted by Gasteiger charge is -2.15. The summed E-state index contributed by atoms with van der Waals surface area (Å²) in [6.07, 6.45) is 0.855. The molecule has 3 aromatic rings. The fraction of sp³-hybridized carbons (Fsp3) is 0.118. The first-order chi connectivity index (χ1) is 10.2. The molecule has 0 spiro atoms. The lowest BCUT2D eigenvalue weighted by atomic mass is 10.1. The molecule has 0 atom stereocenters. The number of benzene rings is 2. The van der Waals surface area contributed by atoms with E-state index < -0.39 is 0 Å². The number of nitrogens with zero attached hydrogens (tertiary/aromatic N) is 1. The molecule has 0 radical (unpaired) electrons. The summed E-state index contributed by atoms with van der Waals surface area (Å²) in [5.74, 6) is 0.938. The molecule has 0 bridgehead atoms. The highest BCUT2D eigenvalue weighted by Crippen LogP contribution is 2.36. The monoisotopic (exact) mass is 296 g/mol. The lowest BCUT2D eigenvalue weighted by Crippen LogP contribution is -2.29. The number of H-pyrrole nitrogens is 1. The molecule has 1 aliphatic heterocycles. The van der Waals surface area contributed by atoms with Crippen LogP contribution in [0.1, 0.15) is 15.9 Å². The van der Waals surface area contributed by atoms with Crippen molar-refractivity contribution in [1.29, 1.82) is 0 Å². The quantitative estimate of drug-likeness (QED) is 0.723. The minimum atomic E-state index is 0.0343. The van der Waals surface area contributed by atoms with Crippen LogP contribution in [-0.2, 0) is 6.42 Å². The maximum absolute atomic E-state index is 12.6. The second kappa shape index (κ2) is 4.64. The second-order valence-corrected chi connectivity index (χ2v) is 5.65. The molecule has 1 N–H and O–H groups in total. The maximum Gasteiger partial charge on any atom is 0.259 e. The number of amides is 1. The predicted molar refractivity (Wildman–Crippen MR) is 85.1 cm³/mol. The summed E-state index contributed by atoms with van der Waals surface area (Å²) in [4.78, 5) is 17.8. The summed E-state index contributed by atoms with van der Waals surface area (Å²) in [7, 11) is 0. The van der Waals surface area contributed by atoms with Crippen LogP contribution in [0.15, 0.2) is 48.5 Å². The third-order valence-corrected chi connectivity index (χ3v) is 4.20. The molecule has 1 aromatic heterocycles. The van der Waals surface area contributed by atoms with E-state index in [1.54, 1.807) is 0 Å². The van der Waals surface area contributed by atoms with E-state index in [2.05, 4.69) is 4.98 Å². The van der Waals surface area contributed by atoms with Gasteiger partial charge in [0.25, 0.3) is 5.91 Å². The number of nitrogens with one attached hydrogen (secondary N) is 1. The average molecular weight is 297 g/mol. The second-order valence-electron chi connectivity index (χ2n) is 5.21. The summed E-state index contributed by atoms with van der Waals surface area (Å²) >= 11 is 6.08. The Kier molecular flexibility index (Phi) is 2.76. The number of rotatable bonds is 1. The molecule has 0 saturated carbocycles. The van der Waals surface area contributed by atoms with Crippen LogP contribution in [0, 0.1) is 0 Å². The third-order valence-electron chi connectivity index (χ3n) is 3.97. The molecule has 2 heterocycles. The number of hydrogen-bond acceptors (Lipinski definition) is 1. The molecule has 1 aliphatic rings. The van der Waals surface area contributed by atoms with E-state index in [0.29, 0.717) is 12.1 Å². The number of fused-ring (bicyclic) bond motifs is 3. The Balaban J connectivity index is 1.80. The molecule has 2 aromatic carbocycles. The van der Waals surface area contributed by atoms with Crippen LogP contribution in [0.4, 0.5) is 5.82 Å². The molecule has 3 nitrogen and oxygen atoms in total. The molecule has 0 aliphatic carbocycles. The van der Waals surface area contributed by atoms with Crippen molar-refractivity contribution in [3.63, 3.8) is 0 Å². The van der Waals surface area contributed by atoms with E-state index in [-0.39, 0.29) is 5.91 Å². The Morgan fingerprint density at radius 2 is 1.95 bits per heavy atom. The van der Waals surface area contributed by atoms with Crippen LogP contribution < -0.4 is 4.90 Å². The normalized spacial score (nSPS) is 13.7. The molecule has 104 valence electrons. The minimum Gasteiger partial charge on any atom is -0.341 e. The smallest absolute Gasteiger partial charge is 0.259 e. The topological polar surface area (TPSA) is 36.1 Å². The van der Waals surface area contributed by atoms with Gasteiger partial charge >= 0.3 is 0 Å². The Labute approximate surface area is 127 Å². The van der Waals surface area contributed by atoms with Crippen LogP contribution in [0.2, 0.25) is 5.02 Å². The van der Waals surface area contributed by atoms with E-state index in [4.69, 9.17) is 11.6 Å². The van der Waals surface area contributed by atoms with Crippen LogP contribution in [-0.4, -0.2) is 17.4 Å². The first-order valence-electron chi connectivity index (χ1n) is 6.91. The first-order valence-corrected chi connectivity index (χ1v) is 7.29. The highest BCUT2D eigenvalue weighted by molar-refractivity contribution is 6.31. The van der Waals surface area contributed by atoms with Crippen LogP contribution in [0.25, 0.3) is 10.9 Å². The fourth-order valence-electron chi connectivity index (χ4n) is 2.96. The van der Waals surface area contributed by atoms with Crippen molar-refractivity contribution in [3.05, 3.63) is 64.7 Å². The number of hydrogen-bond donors (Lipinski definition) is 1. The van der Waals surface area contributed by atoms with Crippen molar-refractivity contribution in [1.82, 2.24) is 4.98 Å². The number of anilines is 1. The maximum atomic E-state index is 12.6. The van der Waals surface area contributed by atoms with Crippen LogP contribution in [0.3, 0.4) is 0 Å². The number of aromatic nitrogens is 1.